The quantitative estimate of drug-likeness (QED) is 0.832. The lowest BCUT2D eigenvalue weighted by Gasteiger charge is -2.18. The molecule has 0 amide bonds. The fraction of sp³-hybridized carbons (Fsp3) is 0.231. The van der Waals surface area contributed by atoms with Gasteiger partial charge in [0.25, 0.3) is 0 Å². The number of rotatable bonds is 2. The fourth-order valence-corrected chi connectivity index (χ4v) is 3.46. The number of aromatic nitrogens is 1. The van der Waals surface area contributed by atoms with Crippen molar-refractivity contribution in [3.8, 4) is 10.6 Å². The standard InChI is InChI=1S/C13H11BrN2OS/c1-13(7-11(14)16-17-13)10-8-15-12(18-10)9-5-3-2-4-6-9/h2-6,8H,7H2,1H3/t13-/m1/s1. The van der Waals surface area contributed by atoms with Crippen LogP contribution < -0.4 is 0 Å². The van der Waals surface area contributed by atoms with Crippen molar-refractivity contribution in [3.63, 3.8) is 0 Å². The van der Waals surface area contributed by atoms with Gasteiger partial charge in [0.1, 0.15) is 9.63 Å². The summed E-state index contributed by atoms with van der Waals surface area (Å²) < 4.78 is 0.847. The first kappa shape index (κ1) is 11.9. The first-order valence-electron chi connectivity index (χ1n) is 5.60. The molecule has 0 aliphatic carbocycles. The molecule has 0 unspecified atom stereocenters. The van der Waals surface area contributed by atoms with Crippen LogP contribution in [0.2, 0.25) is 0 Å². The Labute approximate surface area is 118 Å². The van der Waals surface area contributed by atoms with Crippen molar-refractivity contribution in [2.75, 3.05) is 0 Å². The zero-order valence-electron chi connectivity index (χ0n) is 9.76. The van der Waals surface area contributed by atoms with Crippen LogP contribution in [0.5, 0.6) is 0 Å². The number of hydrogen-bond acceptors (Lipinski definition) is 4. The van der Waals surface area contributed by atoms with Gasteiger partial charge in [-0.05, 0) is 22.9 Å². The minimum Gasteiger partial charge on any atom is -0.383 e. The summed E-state index contributed by atoms with van der Waals surface area (Å²) in [4.78, 5) is 11.1. The smallest absolute Gasteiger partial charge is 0.176 e. The minimum absolute atomic E-state index is 0.385. The maximum Gasteiger partial charge on any atom is 0.176 e. The third-order valence-corrected chi connectivity index (χ3v) is 4.59. The molecular formula is C13H11BrN2OS. The number of nitrogens with zero attached hydrogens (tertiary/aromatic N) is 2. The molecule has 2 aromatic rings. The summed E-state index contributed by atoms with van der Waals surface area (Å²) in [5, 5.41) is 4.97. The van der Waals surface area contributed by atoms with Crippen LogP contribution in [0.4, 0.5) is 0 Å². The highest BCUT2D eigenvalue weighted by Crippen LogP contribution is 2.40. The van der Waals surface area contributed by atoms with Crippen LogP contribution in [0.15, 0.2) is 41.7 Å². The number of benzene rings is 1. The van der Waals surface area contributed by atoms with Gasteiger partial charge in [0, 0.05) is 18.2 Å². The van der Waals surface area contributed by atoms with E-state index in [-0.39, 0.29) is 5.60 Å². The van der Waals surface area contributed by atoms with Crippen LogP contribution in [0.1, 0.15) is 18.2 Å². The number of hydrogen-bond donors (Lipinski definition) is 0. The molecule has 5 heteroatoms. The summed E-state index contributed by atoms with van der Waals surface area (Å²) in [5.41, 5.74) is 0.749. The minimum atomic E-state index is -0.385. The summed E-state index contributed by atoms with van der Waals surface area (Å²) >= 11 is 5.03. The van der Waals surface area contributed by atoms with Gasteiger partial charge >= 0.3 is 0 Å². The van der Waals surface area contributed by atoms with E-state index in [1.807, 2.05) is 31.3 Å². The molecule has 1 aromatic heterocycles. The van der Waals surface area contributed by atoms with E-state index in [2.05, 4.69) is 38.2 Å². The lowest BCUT2D eigenvalue weighted by molar-refractivity contribution is -0.00461. The second-order valence-corrected chi connectivity index (χ2v) is 6.31. The molecule has 0 fully saturated rings. The van der Waals surface area contributed by atoms with Crippen molar-refractivity contribution in [1.82, 2.24) is 4.98 Å². The number of oxime groups is 1. The van der Waals surface area contributed by atoms with Crippen molar-refractivity contribution in [2.45, 2.75) is 18.9 Å². The number of thiazole rings is 1. The van der Waals surface area contributed by atoms with Crippen LogP contribution in [0.25, 0.3) is 10.6 Å². The van der Waals surface area contributed by atoms with Gasteiger partial charge < -0.3 is 4.84 Å². The first-order chi connectivity index (χ1) is 8.67. The Bertz CT molecular complexity index is 596. The molecule has 0 N–H and O–H groups in total. The van der Waals surface area contributed by atoms with Crippen LogP contribution in [-0.2, 0) is 10.4 Å². The molecule has 92 valence electrons. The Balaban J connectivity index is 1.91. The second kappa shape index (κ2) is 4.48. The van der Waals surface area contributed by atoms with E-state index in [9.17, 15) is 0 Å². The Morgan fingerprint density at radius 2 is 2.11 bits per heavy atom. The lowest BCUT2D eigenvalue weighted by Crippen LogP contribution is -2.19. The molecule has 0 saturated carbocycles. The largest absolute Gasteiger partial charge is 0.383 e. The van der Waals surface area contributed by atoms with Gasteiger partial charge in [-0.2, -0.15) is 0 Å². The normalized spacial score (nSPS) is 22.7. The summed E-state index contributed by atoms with van der Waals surface area (Å²) in [6.45, 7) is 2.03. The van der Waals surface area contributed by atoms with Gasteiger partial charge in [0.05, 0.1) is 4.88 Å². The summed E-state index contributed by atoms with van der Waals surface area (Å²) in [6.07, 6.45) is 2.64. The molecule has 0 spiro atoms. The zero-order chi connectivity index (χ0) is 12.6. The molecule has 3 rings (SSSR count). The topological polar surface area (TPSA) is 34.5 Å². The first-order valence-corrected chi connectivity index (χ1v) is 7.21. The van der Waals surface area contributed by atoms with Gasteiger partial charge in [0.2, 0.25) is 0 Å². The zero-order valence-corrected chi connectivity index (χ0v) is 12.2. The highest BCUT2D eigenvalue weighted by Gasteiger charge is 2.37. The monoisotopic (exact) mass is 322 g/mol. The van der Waals surface area contributed by atoms with E-state index in [1.54, 1.807) is 11.3 Å². The van der Waals surface area contributed by atoms with Crippen LogP contribution in [0.3, 0.4) is 0 Å². The van der Waals surface area contributed by atoms with E-state index in [0.29, 0.717) is 0 Å². The van der Waals surface area contributed by atoms with Gasteiger partial charge in [-0.15, -0.1) is 11.3 Å². The fourth-order valence-electron chi connectivity index (χ4n) is 1.86. The number of halogens is 1. The summed E-state index contributed by atoms with van der Waals surface area (Å²) in [7, 11) is 0. The molecule has 2 heterocycles. The molecule has 1 aliphatic heterocycles. The molecule has 1 aromatic carbocycles. The van der Waals surface area contributed by atoms with Crippen LogP contribution in [0, 0.1) is 0 Å². The predicted molar refractivity (Wildman–Crippen MR) is 77.0 cm³/mol. The van der Waals surface area contributed by atoms with Crippen molar-refractivity contribution < 1.29 is 4.84 Å². The van der Waals surface area contributed by atoms with E-state index in [1.165, 1.54) is 0 Å². The van der Waals surface area contributed by atoms with Gasteiger partial charge in [-0.3, -0.25) is 0 Å². The van der Waals surface area contributed by atoms with Crippen molar-refractivity contribution in [3.05, 3.63) is 41.4 Å². The van der Waals surface area contributed by atoms with Gasteiger partial charge in [0.15, 0.2) is 5.60 Å². The third kappa shape index (κ3) is 2.08. The van der Waals surface area contributed by atoms with E-state index in [4.69, 9.17) is 4.84 Å². The molecule has 0 bridgehead atoms. The Hall–Kier alpha value is -1.20. The van der Waals surface area contributed by atoms with Crippen molar-refractivity contribution in [1.29, 1.82) is 0 Å². The van der Waals surface area contributed by atoms with E-state index < -0.39 is 0 Å². The lowest BCUT2D eigenvalue weighted by atomic mass is 10.0. The molecule has 18 heavy (non-hydrogen) atoms. The molecule has 1 aliphatic rings. The van der Waals surface area contributed by atoms with Crippen molar-refractivity contribution in [2.24, 2.45) is 5.16 Å². The Kier molecular flexibility index (Phi) is 2.95. The highest BCUT2D eigenvalue weighted by molar-refractivity contribution is 9.18. The molecule has 0 radical (unpaired) electrons. The van der Waals surface area contributed by atoms with Gasteiger partial charge in [-0.25, -0.2) is 4.98 Å². The summed E-state index contributed by atoms with van der Waals surface area (Å²) in [6, 6.07) is 10.2. The van der Waals surface area contributed by atoms with E-state index >= 15 is 0 Å². The molecule has 0 saturated heterocycles. The highest BCUT2D eigenvalue weighted by atomic mass is 79.9. The van der Waals surface area contributed by atoms with Crippen molar-refractivity contribution >= 4 is 31.9 Å². The average molecular weight is 323 g/mol. The molecule has 1 atom stereocenters. The van der Waals surface area contributed by atoms with Gasteiger partial charge in [-0.1, -0.05) is 35.5 Å². The molecule has 3 nitrogen and oxygen atoms in total. The molecular weight excluding hydrogens is 312 g/mol. The maximum absolute atomic E-state index is 5.50. The predicted octanol–water partition coefficient (Wildman–Crippen LogP) is 4.15. The Morgan fingerprint density at radius 3 is 2.78 bits per heavy atom. The average Bonchev–Trinajstić information content (AvgIpc) is 2.99. The van der Waals surface area contributed by atoms with E-state index in [0.717, 1.165) is 26.5 Å². The summed E-state index contributed by atoms with van der Waals surface area (Å²) in [5.74, 6) is 0. The van der Waals surface area contributed by atoms with Crippen LogP contribution in [-0.4, -0.2) is 9.60 Å². The second-order valence-electron chi connectivity index (χ2n) is 4.36. The van der Waals surface area contributed by atoms with Crippen LogP contribution >= 0.6 is 27.3 Å². The SMILES string of the molecule is C[C@]1(c2cnc(-c3ccccc3)s2)CC(Br)=NO1. The Morgan fingerprint density at radius 1 is 1.33 bits per heavy atom. The third-order valence-electron chi connectivity index (χ3n) is 2.88. The maximum atomic E-state index is 5.50.